The summed E-state index contributed by atoms with van der Waals surface area (Å²) in [5, 5.41) is 12.0. The Labute approximate surface area is 148 Å². The summed E-state index contributed by atoms with van der Waals surface area (Å²) in [5.74, 6) is -0.607. The van der Waals surface area contributed by atoms with Crippen molar-refractivity contribution >= 4 is 5.91 Å². The molecule has 0 saturated carbocycles. The maximum atomic E-state index is 13.3. The zero-order valence-corrected chi connectivity index (χ0v) is 14.0. The standard InChI is InChI=1S/C17H20F3N5O/c18-17(19,20)15(25-8-6-21-7-9-25)11-22-16(26)14-10-13(23-24-14)12-4-2-1-3-5-12/h1-5,10,15,21H,6-9,11H2,(H,22,26)(H,23,24). The summed E-state index contributed by atoms with van der Waals surface area (Å²) in [5.41, 5.74) is 1.51. The molecule has 1 atom stereocenters. The molecule has 1 aliphatic rings. The van der Waals surface area contributed by atoms with Gasteiger partial charge in [0.25, 0.3) is 5.91 Å². The number of alkyl halides is 3. The Hall–Kier alpha value is -2.39. The number of rotatable bonds is 5. The molecule has 1 aromatic heterocycles. The number of carbonyl (C=O) groups excluding carboxylic acids is 1. The van der Waals surface area contributed by atoms with Crippen molar-refractivity contribution in [2.24, 2.45) is 0 Å². The van der Waals surface area contributed by atoms with Gasteiger partial charge in [0.2, 0.25) is 0 Å². The summed E-state index contributed by atoms with van der Waals surface area (Å²) in [6.45, 7) is 1.09. The lowest BCUT2D eigenvalue weighted by Crippen LogP contribution is -2.57. The normalized spacial score (nSPS) is 17.0. The fourth-order valence-corrected chi connectivity index (χ4v) is 2.93. The minimum atomic E-state index is -4.41. The predicted molar refractivity (Wildman–Crippen MR) is 90.6 cm³/mol. The molecule has 0 bridgehead atoms. The van der Waals surface area contributed by atoms with Crippen LogP contribution >= 0.6 is 0 Å². The van der Waals surface area contributed by atoms with Crippen LogP contribution in [-0.4, -0.2) is 65.9 Å². The summed E-state index contributed by atoms with van der Waals surface area (Å²) in [4.78, 5) is 13.6. The van der Waals surface area contributed by atoms with Crippen molar-refractivity contribution in [3.05, 3.63) is 42.1 Å². The van der Waals surface area contributed by atoms with E-state index in [0.29, 0.717) is 31.9 Å². The van der Waals surface area contributed by atoms with Crippen molar-refractivity contribution < 1.29 is 18.0 Å². The van der Waals surface area contributed by atoms with Gasteiger partial charge in [-0.15, -0.1) is 0 Å². The number of halogens is 3. The summed E-state index contributed by atoms with van der Waals surface area (Å²) < 4.78 is 40.0. The van der Waals surface area contributed by atoms with Crippen LogP contribution in [-0.2, 0) is 0 Å². The molecule has 1 aromatic carbocycles. The summed E-state index contributed by atoms with van der Waals surface area (Å²) in [7, 11) is 0. The van der Waals surface area contributed by atoms with Crippen LogP contribution in [0.4, 0.5) is 13.2 Å². The molecular formula is C17H20F3N5O. The molecule has 1 saturated heterocycles. The molecule has 3 N–H and O–H groups in total. The second kappa shape index (κ2) is 7.88. The van der Waals surface area contributed by atoms with Crippen LogP contribution in [0.2, 0.25) is 0 Å². The topological polar surface area (TPSA) is 73.1 Å². The van der Waals surface area contributed by atoms with Gasteiger partial charge in [-0.2, -0.15) is 18.3 Å². The number of piperazine rings is 1. The largest absolute Gasteiger partial charge is 0.405 e. The van der Waals surface area contributed by atoms with Crippen molar-refractivity contribution in [2.45, 2.75) is 12.2 Å². The number of nitrogens with zero attached hydrogens (tertiary/aromatic N) is 2. The fraction of sp³-hybridized carbons (Fsp3) is 0.412. The zero-order valence-electron chi connectivity index (χ0n) is 14.0. The zero-order chi connectivity index (χ0) is 18.6. The highest BCUT2D eigenvalue weighted by atomic mass is 19.4. The summed E-state index contributed by atoms with van der Waals surface area (Å²) in [6, 6.07) is 9.03. The molecule has 1 unspecified atom stereocenters. The molecule has 2 aromatic rings. The highest BCUT2D eigenvalue weighted by Gasteiger charge is 2.43. The van der Waals surface area contributed by atoms with Gasteiger partial charge < -0.3 is 10.6 Å². The molecule has 1 fully saturated rings. The first-order chi connectivity index (χ1) is 12.4. The van der Waals surface area contributed by atoms with E-state index in [9.17, 15) is 18.0 Å². The molecule has 140 valence electrons. The lowest BCUT2D eigenvalue weighted by molar-refractivity contribution is -0.183. The van der Waals surface area contributed by atoms with Gasteiger partial charge in [-0.1, -0.05) is 30.3 Å². The Morgan fingerprint density at radius 3 is 2.58 bits per heavy atom. The van der Waals surface area contributed by atoms with Crippen LogP contribution in [0.5, 0.6) is 0 Å². The number of carbonyl (C=O) groups is 1. The molecule has 9 heteroatoms. The first-order valence-electron chi connectivity index (χ1n) is 8.35. The average molecular weight is 367 g/mol. The molecule has 2 heterocycles. The van der Waals surface area contributed by atoms with Crippen LogP contribution in [0.25, 0.3) is 11.3 Å². The lowest BCUT2D eigenvalue weighted by Gasteiger charge is -2.35. The maximum Gasteiger partial charge on any atom is 0.405 e. The van der Waals surface area contributed by atoms with Gasteiger partial charge in [0.15, 0.2) is 0 Å². The molecule has 0 aliphatic carbocycles. The number of aromatic amines is 1. The number of benzene rings is 1. The smallest absolute Gasteiger partial charge is 0.349 e. The van der Waals surface area contributed by atoms with Gasteiger partial charge >= 0.3 is 6.18 Å². The van der Waals surface area contributed by atoms with Crippen molar-refractivity contribution in [1.82, 2.24) is 25.7 Å². The highest BCUT2D eigenvalue weighted by Crippen LogP contribution is 2.25. The Bertz CT molecular complexity index is 725. The van der Waals surface area contributed by atoms with Gasteiger partial charge in [0, 0.05) is 38.3 Å². The molecule has 26 heavy (non-hydrogen) atoms. The molecule has 1 amide bonds. The van der Waals surface area contributed by atoms with E-state index < -0.39 is 24.7 Å². The number of amides is 1. The number of H-pyrrole nitrogens is 1. The molecule has 0 radical (unpaired) electrons. The van der Waals surface area contributed by atoms with Gasteiger partial charge in [0.05, 0.1) is 5.69 Å². The Morgan fingerprint density at radius 1 is 1.23 bits per heavy atom. The molecule has 0 spiro atoms. The third-order valence-corrected chi connectivity index (χ3v) is 4.32. The molecule has 6 nitrogen and oxygen atoms in total. The predicted octanol–water partition coefficient (Wildman–Crippen LogP) is 1.64. The van der Waals surface area contributed by atoms with Gasteiger partial charge in [-0.3, -0.25) is 14.8 Å². The van der Waals surface area contributed by atoms with E-state index in [1.807, 2.05) is 30.3 Å². The summed E-state index contributed by atoms with van der Waals surface area (Å²) >= 11 is 0. The van der Waals surface area contributed by atoms with Crippen LogP contribution < -0.4 is 10.6 Å². The van der Waals surface area contributed by atoms with Crippen molar-refractivity contribution in [3.63, 3.8) is 0 Å². The van der Waals surface area contributed by atoms with Crippen molar-refractivity contribution in [2.75, 3.05) is 32.7 Å². The van der Waals surface area contributed by atoms with E-state index in [-0.39, 0.29) is 5.69 Å². The first kappa shape index (κ1) is 18.4. The van der Waals surface area contributed by atoms with Crippen LogP contribution in [0.3, 0.4) is 0 Å². The minimum absolute atomic E-state index is 0.130. The third-order valence-electron chi connectivity index (χ3n) is 4.32. The van der Waals surface area contributed by atoms with E-state index in [1.165, 1.54) is 11.0 Å². The second-order valence-corrected chi connectivity index (χ2v) is 6.09. The van der Waals surface area contributed by atoms with E-state index in [1.54, 1.807) is 0 Å². The molecular weight excluding hydrogens is 347 g/mol. The van der Waals surface area contributed by atoms with E-state index in [0.717, 1.165) is 5.56 Å². The third kappa shape index (κ3) is 4.41. The first-order valence-corrected chi connectivity index (χ1v) is 8.35. The molecule has 1 aliphatic heterocycles. The van der Waals surface area contributed by atoms with Gasteiger partial charge in [-0.25, -0.2) is 0 Å². The van der Waals surface area contributed by atoms with E-state index in [2.05, 4.69) is 20.8 Å². The van der Waals surface area contributed by atoms with Crippen molar-refractivity contribution in [1.29, 1.82) is 0 Å². The van der Waals surface area contributed by atoms with Gasteiger partial charge in [0.1, 0.15) is 11.7 Å². The van der Waals surface area contributed by atoms with Crippen molar-refractivity contribution in [3.8, 4) is 11.3 Å². The monoisotopic (exact) mass is 367 g/mol. The Balaban J connectivity index is 1.64. The quantitative estimate of drug-likeness (QED) is 0.751. The second-order valence-electron chi connectivity index (χ2n) is 6.09. The lowest BCUT2D eigenvalue weighted by atomic mass is 10.1. The van der Waals surface area contributed by atoms with E-state index in [4.69, 9.17) is 0 Å². The Kier molecular flexibility index (Phi) is 5.58. The average Bonchev–Trinajstić information content (AvgIpc) is 3.12. The maximum absolute atomic E-state index is 13.3. The Morgan fingerprint density at radius 2 is 1.92 bits per heavy atom. The minimum Gasteiger partial charge on any atom is -0.349 e. The van der Waals surface area contributed by atoms with E-state index >= 15 is 0 Å². The van der Waals surface area contributed by atoms with Gasteiger partial charge in [-0.05, 0) is 6.07 Å². The van der Waals surface area contributed by atoms with Crippen LogP contribution in [0.15, 0.2) is 36.4 Å². The van der Waals surface area contributed by atoms with Crippen LogP contribution in [0.1, 0.15) is 10.5 Å². The summed E-state index contributed by atoms with van der Waals surface area (Å²) in [6.07, 6.45) is -4.41. The SMILES string of the molecule is O=C(NCC(N1CCNCC1)C(F)(F)F)c1cc(-c2ccccc2)n[nH]1. The number of hydrogen-bond acceptors (Lipinski definition) is 4. The fourth-order valence-electron chi connectivity index (χ4n) is 2.93. The molecule has 3 rings (SSSR count). The number of aromatic nitrogens is 2. The highest BCUT2D eigenvalue weighted by molar-refractivity contribution is 5.93. The number of nitrogens with one attached hydrogen (secondary N) is 3. The number of hydrogen-bond donors (Lipinski definition) is 3. The van der Waals surface area contributed by atoms with Crippen LogP contribution in [0, 0.1) is 0 Å².